The number of halogens is 3. The largest absolute Gasteiger partial charge is 0.394 e. The maximum absolute atomic E-state index is 9.90. The maximum Gasteiger partial charge on any atom is 0.179 e. The summed E-state index contributed by atoms with van der Waals surface area (Å²) in [4.78, 5) is 9.90. The molecule has 0 aliphatic rings. The minimum atomic E-state index is -1.79. The van der Waals surface area contributed by atoms with Crippen molar-refractivity contribution in [2.75, 3.05) is 6.61 Å². The maximum atomic E-state index is 9.90. The van der Waals surface area contributed by atoms with Gasteiger partial charge in [0.1, 0.15) is 24.4 Å². The number of aldehydes is 1. The molecule has 0 aromatic heterocycles. The van der Waals surface area contributed by atoms with E-state index in [1.807, 2.05) is 0 Å². The Kier molecular flexibility index (Phi) is 41.6. The Morgan fingerprint density at radius 2 is 1.37 bits per heavy atom. The topological polar surface area (TPSA) is 118 Å². The van der Waals surface area contributed by atoms with Crippen LogP contribution in [0.2, 0.25) is 0 Å². The van der Waals surface area contributed by atoms with Crippen LogP contribution in [0.4, 0.5) is 0 Å². The van der Waals surface area contributed by atoms with Crippen molar-refractivity contribution in [3.63, 3.8) is 0 Å². The molecule has 0 spiro atoms. The first kappa shape index (κ1) is 34.9. The molecular weight excluding hydrogens is 408 g/mol. The van der Waals surface area contributed by atoms with Gasteiger partial charge in [-0.25, -0.2) is 0 Å². The van der Waals surface area contributed by atoms with E-state index >= 15 is 0 Å². The first-order valence-corrected chi connectivity index (χ1v) is 7.89. The predicted octanol–water partition coefficient (Wildman–Crippen LogP) is -1.59. The van der Waals surface area contributed by atoms with Crippen molar-refractivity contribution in [3.05, 3.63) is 0 Å². The van der Waals surface area contributed by atoms with E-state index in [1.54, 1.807) is 0 Å². The van der Waals surface area contributed by atoms with Crippen molar-refractivity contribution in [1.29, 1.82) is 0 Å². The Bertz CT molecular complexity index is 200. The Labute approximate surface area is 221 Å². The second kappa shape index (κ2) is 22.7. The third-order valence-corrected chi connectivity index (χ3v) is 1.42. The summed E-state index contributed by atoms with van der Waals surface area (Å²) in [6.45, 7) is -0.760. The molecule has 0 saturated heterocycles. The Morgan fingerprint density at radius 3 is 1.58 bits per heavy atom. The number of carbonyl (C=O) groups excluding carboxylic acids is 1. The molecule has 0 bridgehead atoms. The van der Waals surface area contributed by atoms with Crippen molar-refractivity contribution in [2.45, 2.75) is 24.4 Å². The van der Waals surface area contributed by atoms with Crippen molar-refractivity contribution >= 4 is 165 Å². The van der Waals surface area contributed by atoms with Crippen molar-refractivity contribution in [2.24, 2.45) is 0 Å². The molecule has 0 amide bonds. The third-order valence-electron chi connectivity index (χ3n) is 1.42. The van der Waals surface area contributed by atoms with Crippen LogP contribution in [0.3, 0.4) is 0 Å². The van der Waals surface area contributed by atoms with E-state index in [-0.39, 0.29) is 125 Å². The van der Waals surface area contributed by atoms with Gasteiger partial charge in [0.05, 0.1) is 6.61 Å². The molecule has 0 heterocycles. The Balaban J connectivity index is -0.0000000827. The quantitative estimate of drug-likeness (QED) is 0.208. The fraction of sp³-hybridized carbons (Fsp3) is 0.833. The van der Waals surface area contributed by atoms with Crippen LogP contribution in [-0.2, 0) is 4.79 Å². The molecule has 6 nitrogen and oxygen atoms in total. The Hall–Kier alpha value is 4.67. The summed E-state index contributed by atoms with van der Waals surface area (Å²) in [6.07, 6.45) is -6.84. The van der Waals surface area contributed by atoms with Gasteiger partial charge in [-0.2, -0.15) is 0 Å². The van der Waals surface area contributed by atoms with Crippen LogP contribution < -0.4 is 0 Å². The third kappa shape index (κ3) is 22.7. The molecule has 0 fully saturated rings. The van der Waals surface area contributed by atoms with Crippen LogP contribution >= 0.6 is 39.7 Å². The molecule has 4 radical (unpaired) electrons. The van der Waals surface area contributed by atoms with Crippen molar-refractivity contribution in [1.82, 2.24) is 0 Å². The van der Waals surface area contributed by atoms with Crippen molar-refractivity contribution in [3.8, 4) is 0 Å². The van der Waals surface area contributed by atoms with Crippen LogP contribution in [0.5, 0.6) is 0 Å². The van der Waals surface area contributed by atoms with Crippen LogP contribution in [0.1, 0.15) is 0 Å². The zero-order valence-corrected chi connectivity index (χ0v) is 21.0. The number of carbonyl (C=O) groups is 1. The van der Waals surface area contributed by atoms with E-state index in [0.717, 1.165) is 0 Å². The van der Waals surface area contributed by atoms with Gasteiger partial charge in [-0.1, -0.05) is 33.7 Å². The van der Waals surface area contributed by atoms with Gasteiger partial charge in [-0.3, -0.25) is 0 Å². The molecule has 13 heteroatoms. The summed E-state index contributed by atoms with van der Waals surface area (Å²) in [5.74, 6) is -1.20. The molecule has 0 rings (SSSR count). The SMILES string of the molecule is ClP(Cl)Cl.O=C[C@H](O)[C@@H](O)[C@H](O)[C@H](O)CO.[Ca].[K].[Na]. The van der Waals surface area contributed by atoms with Gasteiger partial charge < -0.3 is 30.3 Å². The first-order valence-electron chi connectivity index (χ1n) is 3.83. The van der Waals surface area contributed by atoms with Crippen molar-refractivity contribution < 1.29 is 30.3 Å². The molecule has 0 aliphatic carbocycles. The molecule has 5 N–H and O–H groups in total. The average molecular weight is 420 g/mol. The van der Waals surface area contributed by atoms with Gasteiger partial charge in [0.15, 0.2) is 12.3 Å². The van der Waals surface area contributed by atoms with Gasteiger partial charge in [-0.05, 0) is 0 Å². The van der Waals surface area contributed by atoms with Gasteiger partial charge in [0, 0.05) is 119 Å². The van der Waals surface area contributed by atoms with Gasteiger partial charge >= 0.3 is 0 Å². The molecular formula is C6H12CaCl3KNaO6P. The van der Waals surface area contributed by atoms with E-state index in [9.17, 15) is 4.79 Å². The zero-order valence-electron chi connectivity index (χ0n) is 10.5. The standard InChI is InChI=1S/C6H12O6.Ca.Cl3P.K.Na/c7-1-3(9)5(11)6(12)4(10)2-8;;1-4(2)3;;/h1,3-6,8-12H,2H2;;;;/t3-,4+,5+,6+;;;;/m0..../s1. The molecule has 0 saturated carbocycles. The smallest absolute Gasteiger partial charge is 0.179 e. The minimum absolute atomic E-state index is 0. The van der Waals surface area contributed by atoms with Crippen LogP contribution in [0.15, 0.2) is 0 Å². The number of rotatable bonds is 5. The van der Waals surface area contributed by atoms with Crippen LogP contribution in [0.25, 0.3) is 0 Å². The summed E-state index contributed by atoms with van der Waals surface area (Å²) in [6, 6.07) is 0. The minimum Gasteiger partial charge on any atom is -0.394 e. The second-order valence-corrected chi connectivity index (χ2v) is 7.53. The van der Waals surface area contributed by atoms with Gasteiger partial charge in [0.2, 0.25) is 0 Å². The predicted molar refractivity (Wildman–Crippen MR) is 78.9 cm³/mol. The summed E-state index contributed by atoms with van der Waals surface area (Å²) in [5, 5.41) is 43.5. The van der Waals surface area contributed by atoms with Gasteiger partial charge in [0.25, 0.3) is 0 Å². The summed E-state index contributed by atoms with van der Waals surface area (Å²) >= 11 is 14.6. The molecule has 0 aromatic carbocycles. The van der Waals surface area contributed by atoms with Crippen LogP contribution in [0, 0.1) is 0 Å². The van der Waals surface area contributed by atoms with Crippen LogP contribution in [-0.4, -0.2) is 182 Å². The molecule has 0 aliphatic heterocycles. The van der Waals surface area contributed by atoms with E-state index in [2.05, 4.69) is 0 Å². The number of hydrogen-bond acceptors (Lipinski definition) is 6. The summed E-state index contributed by atoms with van der Waals surface area (Å²) in [7, 11) is 0. The van der Waals surface area contributed by atoms with E-state index < -0.39 is 37.0 Å². The number of hydrogen-bond donors (Lipinski definition) is 5. The normalized spacial score (nSPS) is 15.2. The monoisotopic (exact) mass is 418 g/mol. The first-order chi connectivity index (χ1) is 7.27. The number of aliphatic hydroxyl groups is 5. The van der Waals surface area contributed by atoms with E-state index in [4.69, 9.17) is 59.3 Å². The zero-order chi connectivity index (χ0) is 13.3. The molecule has 0 aromatic rings. The summed E-state index contributed by atoms with van der Waals surface area (Å²) in [5.41, 5.74) is 0. The molecule has 0 unspecified atom stereocenters. The Morgan fingerprint density at radius 1 is 1.05 bits per heavy atom. The summed E-state index contributed by atoms with van der Waals surface area (Å²) < 4.78 is 0. The molecule has 19 heavy (non-hydrogen) atoms. The van der Waals surface area contributed by atoms with E-state index in [1.165, 1.54) is 0 Å². The fourth-order valence-corrected chi connectivity index (χ4v) is 0.618. The van der Waals surface area contributed by atoms with Gasteiger partial charge in [-0.15, -0.1) is 0 Å². The average Bonchev–Trinajstić information content (AvgIpc) is 2.24. The molecule has 4 atom stereocenters. The fourth-order valence-electron chi connectivity index (χ4n) is 0.618. The van der Waals surface area contributed by atoms with E-state index in [0.29, 0.717) is 0 Å². The number of aliphatic hydroxyl groups excluding tert-OH is 5. The molecule has 102 valence electrons. The second-order valence-electron chi connectivity index (χ2n) is 2.55.